The number of nitrogens with zero attached hydrogens (tertiary/aromatic N) is 2. The van der Waals surface area contributed by atoms with E-state index in [1.807, 2.05) is 0 Å². The van der Waals surface area contributed by atoms with E-state index >= 15 is 0 Å². The van der Waals surface area contributed by atoms with Crippen molar-refractivity contribution in [3.05, 3.63) is 0 Å². The van der Waals surface area contributed by atoms with Gasteiger partial charge in [-0.05, 0) is 50.4 Å². The smallest absolute Gasteiger partial charge is 0.407 e. The molecule has 0 atom stereocenters. The van der Waals surface area contributed by atoms with Crippen molar-refractivity contribution in [2.45, 2.75) is 45.6 Å². The Hall–Kier alpha value is -0.420. The molecule has 118 valence electrons. The van der Waals surface area contributed by atoms with Gasteiger partial charge in [0.1, 0.15) is 0 Å². The van der Waals surface area contributed by atoms with E-state index in [1.54, 1.807) is 7.05 Å². The molecule has 4 nitrogen and oxygen atoms in total. The maximum atomic E-state index is 10.9. The lowest BCUT2D eigenvalue weighted by molar-refractivity contribution is 0.121. The second kappa shape index (κ2) is 9.50. The Morgan fingerprint density at radius 1 is 1.20 bits per heavy atom. The fourth-order valence-electron chi connectivity index (χ4n) is 2.84. The Balaban J connectivity index is 2.12. The molecule has 0 heterocycles. The first-order valence-electron chi connectivity index (χ1n) is 7.84. The fraction of sp³-hybridized carbons (Fsp3) is 0.933. The van der Waals surface area contributed by atoms with Crippen molar-refractivity contribution in [2.24, 2.45) is 5.92 Å². The average Bonchev–Trinajstić information content (AvgIpc) is 2.47. The SMILES string of the molecule is CCN(CC)CCSCC1CCC(N(C)C(=O)O)CC1. The molecule has 20 heavy (non-hydrogen) atoms. The summed E-state index contributed by atoms with van der Waals surface area (Å²) < 4.78 is 0. The Morgan fingerprint density at radius 3 is 2.30 bits per heavy atom. The first-order valence-corrected chi connectivity index (χ1v) is 8.99. The molecular formula is C15H30N2O2S. The first kappa shape index (κ1) is 17.6. The standard InChI is InChI=1S/C15H30N2O2S/c1-4-17(5-2)10-11-20-12-13-6-8-14(9-7-13)16(3)15(18)19/h13-14H,4-12H2,1-3H3,(H,18,19). The van der Waals surface area contributed by atoms with Crippen LogP contribution in [0.4, 0.5) is 4.79 Å². The number of hydrogen-bond acceptors (Lipinski definition) is 3. The summed E-state index contributed by atoms with van der Waals surface area (Å²) in [6.45, 7) is 7.91. The minimum absolute atomic E-state index is 0.240. The summed E-state index contributed by atoms with van der Waals surface area (Å²) >= 11 is 2.06. The van der Waals surface area contributed by atoms with Crippen LogP contribution in [0, 0.1) is 5.92 Å². The summed E-state index contributed by atoms with van der Waals surface area (Å²) in [6.07, 6.45) is 3.64. The average molecular weight is 302 g/mol. The molecule has 1 N–H and O–H groups in total. The van der Waals surface area contributed by atoms with Gasteiger partial charge in [0, 0.05) is 25.4 Å². The van der Waals surface area contributed by atoms with Crippen molar-refractivity contribution in [1.82, 2.24) is 9.80 Å². The predicted octanol–water partition coefficient (Wildman–Crippen LogP) is 3.23. The van der Waals surface area contributed by atoms with Gasteiger partial charge in [0.15, 0.2) is 0 Å². The van der Waals surface area contributed by atoms with Gasteiger partial charge in [-0.25, -0.2) is 4.79 Å². The van der Waals surface area contributed by atoms with Gasteiger partial charge < -0.3 is 14.9 Å². The van der Waals surface area contributed by atoms with Crippen LogP contribution in [-0.2, 0) is 0 Å². The zero-order chi connectivity index (χ0) is 15.0. The molecule has 0 spiro atoms. The van der Waals surface area contributed by atoms with Crippen molar-refractivity contribution in [2.75, 3.05) is 38.2 Å². The van der Waals surface area contributed by atoms with E-state index < -0.39 is 6.09 Å². The van der Waals surface area contributed by atoms with Crippen molar-refractivity contribution in [1.29, 1.82) is 0 Å². The topological polar surface area (TPSA) is 43.8 Å². The summed E-state index contributed by atoms with van der Waals surface area (Å²) in [7, 11) is 1.70. The zero-order valence-corrected chi connectivity index (χ0v) is 14.0. The Bertz CT molecular complexity index is 277. The van der Waals surface area contributed by atoms with Gasteiger partial charge in [0.25, 0.3) is 0 Å². The van der Waals surface area contributed by atoms with E-state index in [-0.39, 0.29) is 6.04 Å². The zero-order valence-electron chi connectivity index (χ0n) is 13.2. The predicted molar refractivity (Wildman–Crippen MR) is 86.6 cm³/mol. The molecule has 0 aromatic heterocycles. The molecule has 0 aromatic carbocycles. The molecule has 1 aliphatic rings. The van der Waals surface area contributed by atoms with Crippen LogP contribution in [0.15, 0.2) is 0 Å². The van der Waals surface area contributed by atoms with Crippen molar-refractivity contribution < 1.29 is 9.90 Å². The number of carbonyl (C=O) groups is 1. The number of hydrogen-bond donors (Lipinski definition) is 1. The van der Waals surface area contributed by atoms with E-state index in [0.29, 0.717) is 0 Å². The number of thioether (sulfide) groups is 1. The molecular weight excluding hydrogens is 272 g/mol. The van der Waals surface area contributed by atoms with Crippen LogP contribution in [0.1, 0.15) is 39.5 Å². The van der Waals surface area contributed by atoms with Crippen molar-refractivity contribution in [3.63, 3.8) is 0 Å². The van der Waals surface area contributed by atoms with Crippen molar-refractivity contribution in [3.8, 4) is 0 Å². The third-order valence-corrected chi connectivity index (χ3v) is 5.64. The normalized spacial score (nSPS) is 23.0. The second-order valence-electron chi connectivity index (χ2n) is 5.67. The molecule has 5 heteroatoms. The molecule has 0 bridgehead atoms. The van der Waals surface area contributed by atoms with E-state index in [9.17, 15) is 4.79 Å². The van der Waals surface area contributed by atoms with Crippen LogP contribution in [0.2, 0.25) is 0 Å². The highest BCUT2D eigenvalue weighted by molar-refractivity contribution is 7.99. The largest absolute Gasteiger partial charge is 0.465 e. The lowest BCUT2D eigenvalue weighted by Gasteiger charge is -2.33. The molecule has 1 aliphatic carbocycles. The minimum Gasteiger partial charge on any atom is -0.465 e. The van der Waals surface area contributed by atoms with Gasteiger partial charge in [-0.15, -0.1) is 0 Å². The second-order valence-corrected chi connectivity index (χ2v) is 6.82. The fourth-order valence-corrected chi connectivity index (χ4v) is 4.06. The van der Waals surface area contributed by atoms with E-state index in [1.165, 1.54) is 35.8 Å². The third-order valence-electron chi connectivity index (χ3n) is 4.47. The lowest BCUT2D eigenvalue weighted by Crippen LogP contribution is -2.38. The van der Waals surface area contributed by atoms with Crippen LogP contribution >= 0.6 is 11.8 Å². The summed E-state index contributed by atoms with van der Waals surface area (Å²) in [6, 6.07) is 0.240. The van der Waals surface area contributed by atoms with Gasteiger partial charge in [-0.3, -0.25) is 0 Å². The third kappa shape index (κ3) is 5.92. The summed E-state index contributed by atoms with van der Waals surface area (Å²) in [5.74, 6) is 3.25. The molecule has 0 saturated heterocycles. The van der Waals surface area contributed by atoms with Crippen LogP contribution in [0.5, 0.6) is 0 Å². The van der Waals surface area contributed by atoms with E-state index in [4.69, 9.17) is 5.11 Å². The Morgan fingerprint density at radius 2 is 1.80 bits per heavy atom. The lowest BCUT2D eigenvalue weighted by atomic mass is 9.87. The maximum absolute atomic E-state index is 10.9. The number of amides is 1. The van der Waals surface area contributed by atoms with E-state index in [0.717, 1.165) is 31.8 Å². The number of rotatable bonds is 8. The molecule has 0 aliphatic heterocycles. The Labute approximate surface area is 127 Å². The molecule has 1 rings (SSSR count). The highest BCUT2D eigenvalue weighted by atomic mass is 32.2. The molecule has 0 unspecified atom stereocenters. The van der Waals surface area contributed by atoms with Crippen LogP contribution in [-0.4, -0.2) is 65.2 Å². The van der Waals surface area contributed by atoms with Crippen LogP contribution < -0.4 is 0 Å². The minimum atomic E-state index is -0.790. The first-order chi connectivity index (χ1) is 9.58. The number of carboxylic acid groups (broad SMARTS) is 1. The van der Waals surface area contributed by atoms with Gasteiger partial charge >= 0.3 is 6.09 Å². The quantitative estimate of drug-likeness (QED) is 0.699. The monoisotopic (exact) mass is 302 g/mol. The van der Waals surface area contributed by atoms with Gasteiger partial charge in [-0.2, -0.15) is 11.8 Å². The highest BCUT2D eigenvalue weighted by Crippen LogP contribution is 2.29. The van der Waals surface area contributed by atoms with E-state index in [2.05, 4.69) is 30.5 Å². The van der Waals surface area contributed by atoms with Gasteiger partial charge in [-0.1, -0.05) is 13.8 Å². The molecule has 0 radical (unpaired) electrons. The van der Waals surface area contributed by atoms with Crippen LogP contribution in [0.3, 0.4) is 0 Å². The summed E-state index contributed by atoms with van der Waals surface area (Å²) in [5.41, 5.74) is 0. The maximum Gasteiger partial charge on any atom is 0.407 e. The highest BCUT2D eigenvalue weighted by Gasteiger charge is 2.26. The van der Waals surface area contributed by atoms with Gasteiger partial charge in [0.2, 0.25) is 0 Å². The molecule has 1 saturated carbocycles. The van der Waals surface area contributed by atoms with Gasteiger partial charge in [0.05, 0.1) is 0 Å². The summed E-state index contributed by atoms with van der Waals surface area (Å²) in [5, 5.41) is 8.99. The molecule has 0 aromatic rings. The molecule has 1 fully saturated rings. The molecule has 1 amide bonds. The van der Waals surface area contributed by atoms with Crippen molar-refractivity contribution >= 4 is 17.9 Å². The van der Waals surface area contributed by atoms with Crippen LogP contribution in [0.25, 0.3) is 0 Å². The summed E-state index contributed by atoms with van der Waals surface area (Å²) in [4.78, 5) is 14.9. The Kier molecular flexibility index (Phi) is 8.38.